The molecule has 0 aliphatic heterocycles. The Morgan fingerprint density at radius 3 is 3.14 bits per heavy atom. The lowest BCUT2D eigenvalue weighted by molar-refractivity contribution is 0.540. The van der Waals surface area contributed by atoms with Crippen LogP contribution in [0.5, 0.6) is 0 Å². The summed E-state index contributed by atoms with van der Waals surface area (Å²) in [4.78, 5) is 7.77. The summed E-state index contributed by atoms with van der Waals surface area (Å²) < 4.78 is 1.86. The van der Waals surface area contributed by atoms with Crippen molar-refractivity contribution in [3.63, 3.8) is 0 Å². The topological polar surface area (TPSA) is 72.3 Å². The number of fused-ring (bicyclic) bond motifs is 1. The lowest BCUT2D eigenvalue weighted by Crippen LogP contribution is -2.05. The van der Waals surface area contributed by atoms with Gasteiger partial charge in [-0.25, -0.2) is 9.67 Å². The van der Waals surface area contributed by atoms with E-state index in [2.05, 4.69) is 32.4 Å². The average Bonchev–Trinajstić information content (AvgIpc) is 3.08. The molecule has 0 bridgehead atoms. The molecule has 0 radical (unpaired) electrons. The maximum atomic E-state index is 5.97. The monoisotopic (exact) mass is 322 g/mol. The molecule has 3 rings (SSSR count). The van der Waals surface area contributed by atoms with E-state index in [1.807, 2.05) is 22.9 Å². The number of thioether (sulfide) groups is 1. The highest BCUT2D eigenvalue weighted by molar-refractivity contribution is 7.98. The molecular formula is C13H15ClN6S. The summed E-state index contributed by atoms with van der Waals surface area (Å²) in [5, 5.41) is 13.4. The predicted molar refractivity (Wildman–Crippen MR) is 83.4 cm³/mol. The van der Waals surface area contributed by atoms with Gasteiger partial charge in [0.15, 0.2) is 11.0 Å². The van der Waals surface area contributed by atoms with Crippen LogP contribution in [-0.4, -0.2) is 30.2 Å². The van der Waals surface area contributed by atoms with E-state index in [9.17, 15) is 0 Å². The molecule has 3 aromatic rings. The van der Waals surface area contributed by atoms with Gasteiger partial charge in [-0.15, -0.1) is 5.10 Å². The van der Waals surface area contributed by atoms with Crippen LogP contribution < -0.4 is 0 Å². The smallest absolute Gasteiger partial charge is 0.166 e. The Hall–Kier alpha value is -1.60. The molecule has 8 heteroatoms. The summed E-state index contributed by atoms with van der Waals surface area (Å²) >= 11 is 7.56. The first-order valence-corrected chi connectivity index (χ1v) is 8.15. The number of hydrogen-bond donors (Lipinski definition) is 1. The van der Waals surface area contributed by atoms with Crippen LogP contribution >= 0.6 is 23.4 Å². The number of nitrogens with zero attached hydrogens (tertiary/aromatic N) is 5. The normalized spacial score (nSPS) is 11.3. The molecule has 0 amide bonds. The van der Waals surface area contributed by atoms with Crippen molar-refractivity contribution < 1.29 is 0 Å². The van der Waals surface area contributed by atoms with Crippen LogP contribution in [-0.2, 0) is 12.3 Å². The number of aromatic nitrogens is 6. The number of rotatable bonds is 6. The Balaban J connectivity index is 1.70. The molecule has 21 heavy (non-hydrogen) atoms. The number of imidazole rings is 1. The van der Waals surface area contributed by atoms with Crippen LogP contribution in [0.3, 0.4) is 0 Å². The second-order valence-electron chi connectivity index (χ2n) is 4.66. The summed E-state index contributed by atoms with van der Waals surface area (Å²) in [5.74, 6) is 1.55. The molecule has 0 fully saturated rings. The Bertz CT molecular complexity index is 737. The average molecular weight is 323 g/mol. The van der Waals surface area contributed by atoms with E-state index in [1.54, 1.807) is 11.8 Å². The highest BCUT2D eigenvalue weighted by atomic mass is 35.5. The molecule has 1 N–H and O–H groups in total. The molecular weight excluding hydrogens is 308 g/mol. The molecule has 0 saturated heterocycles. The highest BCUT2D eigenvalue weighted by Crippen LogP contribution is 2.24. The van der Waals surface area contributed by atoms with Crippen molar-refractivity contribution in [3.05, 3.63) is 29.0 Å². The first-order valence-electron chi connectivity index (χ1n) is 6.79. The molecule has 6 nitrogen and oxygen atoms in total. The van der Waals surface area contributed by atoms with Crippen LogP contribution in [0.4, 0.5) is 0 Å². The van der Waals surface area contributed by atoms with Gasteiger partial charge >= 0.3 is 0 Å². The molecule has 0 saturated carbocycles. The number of tetrazole rings is 1. The predicted octanol–water partition coefficient (Wildman–Crippen LogP) is 3.30. The number of aryl methyl sites for hydroxylation is 1. The van der Waals surface area contributed by atoms with E-state index in [-0.39, 0.29) is 0 Å². The van der Waals surface area contributed by atoms with Crippen LogP contribution in [0.25, 0.3) is 11.0 Å². The van der Waals surface area contributed by atoms with Crippen LogP contribution in [0.2, 0.25) is 5.02 Å². The third-order valence-electron chi connectivity index (χ3n) is 3.09. The van der Waals surface area contributed by atoms with Crippen molar-refractivity contribution in [2.75, 3.05) is 0 Å². The zero-order chi connectivity index (χ0) is 14.7. The van der Waals surface area contributed by atoms with E-state index >= 15 is 0 Å². The van der Waals surface area contributed by atoms with Gasteiger partial charge in [0, 0.05) is 11.6 Å². The quantitative estimate of drug-likeness (QED) is 0.705. The lowest BCUT2D eigenvalue weighted by atomic mass is 10.3. The largest absolute Gasteiger partial charge is 0.333 e. The Kier molecular flexibility index (Phi) is 4.40. The van der Waals surface area contributed by atoms with Gasteiger partial charge in [-0.2, -0.15) is 0 Å². The zero-order valence-electron chi connectivity index (χ0n) is 11.6. The van der Waals surface area contributed by atoms with Crippen molar-refractivity contribution in [1.82, 2.24) is 30.2 Å². The number of halogens is 1. The molecule has 0 spiro atoms. The second kappa shape index (κ2) is 6.44. The van der Waals surface area contributed by atoms with Gasteiger partial charge in [0.05, 0.1) is 16.8 Å². The maximum Gasteiger partial charge on any atom is 0.166 e. The number of H-pyrrole nitrogens is 1. The number of nitrogens with one attached hydrogen (secondary N) is 1. The number of unbranched alkanes of at least 4 members (excludes halogenated alkanes) is 1. The first kappa shape index (κ1) is 14.3. The maximum absolute atomic E-state index is 5.97. The molecule has 2 aromatic heterocycles. The van der Waals surface area contributed by atoms with Crippen molar-refractivity contribution in [2.45, 2.75) is 37.2 Å². The Morgan fingerprint density at radius 1 is 1.38 bits per heavy atom. The van der Waals surface area contributed by atoms with Crippen LogP contribution in [0.15, 0.2) is 23.4 Å². The van der Waals surface area contributed by atoms with E-state index < -0.39 is 0 Å². The lowest BCUT2D eigenvalue weighted by Gasteiger charge is -2.01. The molecule has 0 unspecified atom stereocenters. The minimum Gasteiger partial charge on any atom is -0.333 e. The van der Waals surface area contributed by atoms with Crippen LogP contribution in [0.1, 0.15) is 25.6 Å². The second-order valence-corrected chi connectivity index (χ2v) is 6.06. The molecule has 0 atom stereocenters. The van der Waals surface area contributed by atoms with Crippen molar-refractivity contribution in [2.24, 2.45) is 0 Å². The zero-order valence-corrected chi connectivity index (χ0v) is 13.2. The molecule has 0 aliphatic carbocycles. The number of hydrogen-bond acceptors (Lipinski definition) is 5. The van der Waals surface area contributed by atoms with Gasteiger partial charge in [-0.05, 0) is 35.0 Å². The Morgan fingerprint density at radius 2 is 2.29 bits per heavy atom. The summed E-state index contributed by atoms with van der Waals surface area (Å²) in [7, 11) is 0. The minimum atomic E-state index is 0.685. The van der Waals surface area contributed by atoms with Gasteiger partial charge in [-0.3, -0.25) is 0 Å². The fourth-order valence-corrected chi connectivity index (χ4v) is 2.96. The molecule has 2 heterocycles. The van der Waals surface area contributed by atoms with Crippen LogP contribution in [0, 0.1) is 0 Å². The fraction of sp³-hybridized carbons (Fsp3) is 0.385. The summed E-state index contributed by atoms with van der Waals surface area (Å²) in [6, 6.07) is 5.62. The molecule has 1 aromatic carbocycles. The summed E-state index contributed by atoms with van der Waals surface area (Å²) in [6.45, 7) is 3.01. The SMILES string of the molecule is CCCCn1nnnc1CSc1nc2ccc(Cl)cc2[nH]1. The number of benzene rings is 1. The van der Waals surface area contributed by atoms with Gasteiger partial charge in [0.1, 0.15) is 0 Å². The summed E-state index contributed by atoms with van der Waals surface area (Å²) in [5.41, 5.74) is 1.85. The van der Waals surface area contributed by atoms with Gasteiger partial charge < -0.3 is 4.98 Å². The van der Waals surface area contributed by atoms with Crippen molar-refractivity contribution >= 4 is 34.4 Å². The third-order valence-corrected chi connectivity index (χ3v) is 4.19. The van der Waals surface area contributed by atoms with E-state index in [1.165, 1.54) is 0 Å². The summed E-state index contributed by atoms with van der Waals surface area (Å²) in [6.07, 6.45) is 2.20. The van der Waals surface area contributed by atoms with Gasteiger partial charge in [0.25, 0.3) is 0 Å². The third kappa shape index (κ3) is 3.36. The first-order chi connectivity index (χ1) is 10.3. The molecule has 0 aliphatic rings. The van der Waals surface area contributed by atoms with E-state index in [0.717, 1.165) is 41.4 Å². The fourth-order valence-electron chi connectivity index (χ4n) is 1.97. The highest BCUT2D eigenvalue weighted by Gasteiger charge is 2.09. The Labute approximate surface area is 131 Å². The van der Waals surface area contributed by atoms with Gasteiger partial charge in [0.2, 0.25) is 0 Å². The van der Waals surface area contributed by atoms with Gasteiger partial charge in [-0.1, -0.05) is 36.7 Å². The van der Waals surface area contributed by atoms with E-state index in [0.29, 0.717) is 10.8 Å². The minimum absolute atomic E-state index is 0.685. The standard InChI is InChI=1S/C13H15ClN6S/c1-2-3-6-20-12(17-18-19-20)8-21-13-15-10-5-4-9(14)7-11(10)16-13/h4-5,7H,2-3,6,8H2,1H3,(H,15,16). The van der Waals surface area contributed by atoms with E-state index in [4.69, 9.17) is 11.6 Å². The molecule has 110 valence electrons. The number of aromatic amines is 1. The van der Waals surface area contributed by atoms with Crippen molar-refractivity contribution in [1.29, 1.82) is 0 Å². The van der Waals surface area contributed by atoms with Crippen molar-refractivity contribution in [3.8, 4) is 0 Å².